The summed E-state index contributed by atoms with van der Waals surface area (Å²) in [6.07, 6.45) is 5.28. The van der Waals surface area contributed by atoms with Gasteiger partial charge in [-0.25, -0.2) is 0 Å². The lowest BCUT2D eigenvalue weighted by molar-refractivity contribution is 0.336. The third-order valence-corrected chi connectivity index (χ3v) is 4.47. The largest absolute Gasteiger partial charge is 0.372 e. The third-order valence-electron chi connectivity index (χ3n) is 4.12. The molecule has 0 spiro atoms. The number of benzene rings is 1. The Balaban J connectivity index is 2.12. The van der Waals surface area contributed by atoms with E-state index >= 15 is 0 Å². The van der Waals surface area contributed by atoms with Crippen LogP contribution in [-0.4, -0.2) is 13.1 Å². The van der Waals surface area contributed by atoms with Crippen molar-refractivity contribution < 1.29 is 0 Å². The van der Waals surface area contributed by atoms with Crippen LogP contribution in [0.3, 0.4) is 0 Å². The van der Waals surface area contributed by atoms with Crippen LogP contribution in [0, 0.1) is 5.92 Å². The highest BCUT2D eigenvalue weighted by atomic mass is 35.5. The van der Waals surface area contributed by atoms with Gasteiger partial charge in [0.1, 0.15) is 0 Å². The lowest BCUT2D eigenvalue weighted by Crippen LogP contribution is -2.35. The second-order valence-corrected chi connectivity index (χ2v) is 5.92. The smallest absolute Gasteiger partial charge is 0.0471 e. The standard InChI is InChI=1S/C15H23ClN2/c1-11-4-3-5-13(8-11)18(2)14-7-6-12(10-17)15(16)9-14/h6-7,9,11,13H,3-5,8,10,17H2,1-2H3. The first kappa shape index (κ1) is 13.7. The van der Waals surface area contributed by atoms with E-state index in [2.05, 4.69) is 24.9 Å². The predicted octanol–water partition coefficient (Wildman–Crippen LogP) is 3.81. The van der Waals surface area contributed by atoms with Crippen molar-refractivity contribution in [3.05, 3.63) is 28.8 Å². The van der Waals surface area contributed by atoms with Crippen molar-refractivity contribution in [2.24, 2.45) is 11.7 Å². The number of rotatable bonds is 3. The van der Waals surface area contributed by atoms with E-state index in [4.69, 9.17) is 17.3 Å². The fraction of sp³-hybridized carbons (Fsp3) is 0.600. The molecule has 0 heterocycles. The molecule has 3 heteroatoms. The van der Waals surface area contributed by atoms with Crippen LogP contribution >= 0.6 is 11.6 Å². The Kier molecular flexibility index (Phi) is 4.52. The minimum Gasteiger partial charge on any atom is -0.372 e. The number of nitrogens with zero attached hydrogens (tertiary/aromatic N) is 1. The van der Waals surface area contributed by atoms with Gasteiger partial charge in [-0.2, -0.15) is 0 Å². The van der Waals surface area contributed by atoms with Crippen molar-refractivity contribution >= 4 is 17.3 Å². The zero-order chi connectivity index (χ0) is 13.1. The van der Waals surface area contributed by atoms with Crippen molar-refractivity contribution in [1.29, 1.82) is 0 Å². The first-order chi connectivity index (χ1) is 8.61. The van der Waals surface area contributed by atoms with Gasteiger partial charge in [-0.15, -0.1) is 0 Å². The molecule has 2 rings (SSSR count). The molecule has 18 heavy (non-hydrogen) atoms. The quantitative estimate of drug-likeness (QED) is 0.901. The molecule has 1 aromatic rings. The molecule has 1 aromatic carbocycles. The lowest BCUT2D eigenvalue weighted by atomic mass is 9.86. The SMILES string of the molecule is CC1CCCC(N(C)c2ccc(CN)c(Cl)c2)C1. The summed E-state index contributed by atoms with van der Waals surface area (Å²) in [4.78, 5) is 2.38. The molecule has 100 valence electrons. The Morgan fingerprint density at radius 1 is 1.39 bits per heavy atom. The topological polar surface area (TPSA) is 29.3 Å². The molecule has 0 aromatic heterocycles. The molecule has 0 radical (unpaired) electrons. The maximum atomic E-state index is 6.23. The summed E-state index contributed by atoms with van der Waals surface area (Å²) in [7, 11) is 2.18. The van der Waals surface area contributed by atoms with Gasteiger partial charge < -0.3 is 10.6 Å². The number of halogens is 1. The van der Waals surface area contributed by atoms with E-state index in [1.165, 1.54) is 31.4 Å². The molecule has 1 aliphatic carbocycles. The molecule has 1 saturated carbocycles. The van der Waals surface area contributed by atoms with Gasteiger partial charge in [-0.3, -0.25) is 0 Å². The summed E-state index contributed by atoms with van der Waals surface area (Å²) in [5, 5.41) is 0.783. The van der Waals surface area contributed by atoms with Gasteiger partial charge in [-0.1, -0.05) is 37.4 Å². The molecule has 2 nitrogen and oxygen atoms in total. The Morgan fingerprint density at radius 3 is 2.78 bits per heavy atom. The van der Waals surface area contributed by atoms with Crippen LogP contribution in [0.2, 0.25) is 5.02 Å². The van der Waals surface area contributed by atoms with Gasteiger partial charge >= 0.3 is 0 Å². The number of nitrogens with two attached hydrogens (primary N) is 1. The average Bonchev–Trinajstić information content (AvgIpc) is 2.37. The number of hydrogen-bond donors (Lipinski definition) is 1. The van der Waals surface area contributed by atoms with Crippen LogP contribution in [0.25, 0.3) is 0 Å². The molecule has 0 saturated heterocycles. The van der Waals surface area contributed by atoms with Crippen LogP contribution in [0.4, 0.5) is 5.69 Å². The lowest BCUT2D eigenvalue weighted by Gasteiger charge is -2.35. The molecule has 1 aliphatic rings. The van der Waals surface area contributed by atoms with E-state index in [0.717, 1.165) is 16.5 Å². The number of anilines is 1. The summed E-state index contributed by atoms with van der Waals surface area (Å²) >= 11 is 6.23. The molecule has 2 unspecified atom stereocenters. The van der Waals surface area contributed by atoms with Crippen LogP contribution in [0.15, 0.2) is 18.2 Å². The maximum absolute atomic E-state index is 6.23. The van der Waals surface area contributed by atoms with E-state index in [1.54, 1.807) is 0 Å². The molecule has 1 fully saturated rings. The fourth-order valence-electron chi connectivity index (χ4n) is 2.89. The van der Waals surface area contributed by atoms with E-state index in [-0.39, 0.29) is 0 Å². The van der Waals surface area contributed by atoms with Crippen molar-refractivity contribution in [3.63, 3.8) is 0 Å². The fourth-order valence-corrected chi connectivity index (χ4v) is 3.14. The minimum atomic E-state index is 0.503. The van der Waals surface area contributed by atoms with Crippen LogP contribution in [0.5, 0.6) is 0 Å². The second kappa shape index (κ2) is 5.94. The highest BCUT2D eigenvalue weighted by molar-refractivity contribution is 6.31. The number of hydrogen-bond acceptors (Lipinski definition) is 2. The summed E-state index contributed by atoms with van der Waals surface area (Å²) in [6.45, 7) is 2.85. The van der Waals surface area contributed by atoms with Crippen LogP contribution in [0.1, 0.15) is 38.2 Å². The van der Waals surface area contributed by atoms with Crippen molar-refractivity contribution in [2.45, 2.75) is 45.2 Å². The average molecular weight is 267 g/mol. The minimum absolute atomic E-state index is 0.503. The monoisotopic (exact) mass is 266 g/mol. The first-order valence-electron chi connectivity index (χ1n) is 6.83. The van der Waals surface area contributed by atoms with Gasteiger partial charge in [0, 0.05) is 30.3 Å². The zero-order valence-corrected chi connectivity index (χ0v) is 12.1. The maximum Gasteiger partial charge on any atom is 0.0471 e. The van der Waals surface area contributed by atoms with Gasteiger partial charge in [0.2, 0.25) is 0 Å². The summed E-state index contributed by atoms with van der Waals surface area (Å²) < 4.78 is 0. The third kappa shape index (κ3) is 2.99. The summed E-state index contributed by atoms with van der Waals surface area (Å²) in [6, 6.07) is 6.87. The van der Waals surface area contributed by atoms with E-state index < -0.39 is 0 Å². The first-order valence-corrected chi connectivity index (χ1v) is 7.21. The van der Waals surface area contributed by atoms with E-state index in [1.807, 2.05) is 12.1 Å². The normalized spacial score (nSPS) is 24.0. The highest BCUT2D eigenvalue weighted by Gasteiger charge is 2.22. The van der Waals surface area contributed by atoms with Gasteiger partial charge in [0.05, 0.1) is 0 Å². The molecule has 2 N–H and O–H groups in total. The Morgan fingerprint density at radius 2 is 2.17 bits per heavy atom. The van der Waals surface area contributed by atoms with Crippen molar-refractivity contribution in [2.75, 3.05) is 11.9 Å². The molecule has 2 atom stereocenters. The van der Waals surface area contributed by atoms with Gasteiger partial charge in [0.25, 0.3) is 0 Å². The Bertz CT molecular complexity index is 405. The Hall–Kier alpha value is -0.730. The van der Waals surface area contributed by atoms with Gasteiger partial charge in [0.15, 0.2) is 0 Å². The molecule has 0 amide bonds. The van der Waals surface area contributed by atoms with E-state index in [9.17, 15) is 0 Å². The summed E-state index contributed by atoms with van der Waals surface area (Å²) in [5.41, 5.74) is 7.86. The molecule has 0 bridgehead atoms. The second-order valence-electron chi connectivity index (χ2n) is 5.52. The molecular formula is C15H23ClN2. The van der Waals surface area contributed by atoms with Crippen LogP contribution < -0.4 is 10.6 Å². The molecular weight excluding hydrogens is 244 g/mol. The zero-order valence-electron chi connectivity index (χ0n) is 11.3. The predicted molar refractivity (Wildman–Crippen MR) is 79.2 cm³/mol. The Labute approximate surface area is 115 Å². The molecule has 0 aliphatic heterocycles. The van der Waals surface area contributed by atoms with Crippen molar-refractivity contribution in [1.82, 2.24) is 0 Å². The van der Waals surface area contributed by atoms with Crippen LogP contribution in [-0.2, 0) is 6.54 Å². The van der Waals surface area contributed by atoms with Gasteiger partial charge in [-0.05, 0) is 36.5 Å². The van der Waals surface area contributed by atoms with Crippen molar-refractivity contribution in [3.8, 4) is 0 Å². The summed E-state index contributed by atoms with van der Waals surface area (Å²) in [5.74, 6) is 0.838. The highest BCUT2D eigenvalue weighted by Crippen LogP contribution is 2.31. The van der Waals surface area contributed by atoms with E-state index in [0.29, 0.717) is 12.6 Å².